The summed E-state index contributed by atoms with van der Waals surface area (Å²) < 4.78 is 27.6. The molecule has 0 aliphatic carbocycles. The number of rotatable bonds is 4. The summed E-state index contributed by atoms with van der Waals surface area (Å²) in [6.07, 6.45) is 2.17. The van der Waals surface area contributed by atoms with Gasteiger partial charge in [0.1, 0.15) is 0 Å². The van der Waals surface area contributed by atoms with Crippen LogP contribution in [0.1, 0.15) is 19.8 Å². The molecule has 8 heteroatoms. The third kappa shape index (κ3) is 2.64. The lowest BCUT2D eigenvalue weighted by atomic mass is 9.99. The Balaban J connectivity index is 2.16. The number of carboxylic acids is 1. The molecular formula is C11H17N3O4S. The minimum Gasteiger partial charge on any atom is -0.481 e. The lowest BCUT2D eigenvalue weighted by molar-refractivity contribution is -0.142. The van der Waals surface area contributed by atoms with Gasteiger partial charge >= 0.3 is 5.97 Å². The van der Waals surface area contributed by atoms with Crippen LogP contribution < -0.4 is 0 Å². The van der Waals surface area contributed by atoms with Crippen molar-refractivity contribution in [3.8, 4) is 0 Å². The lowest BCUT2D eigenvalue weighted by Gasteiger charge is -2.29. The van der Waals surface area contributed by atoms with E-state index in [1.54, 1.807) is 0 Å². The van der Waals surface area contributed by atoms with Crippen molar-refractivity contribution in [3.63, 3.8) is 0 Å². The van der Waals surface area contributed by atoms with E-state index in [0.717, 1.165) is 0 Å². The topological polar surface area (TPSA) is 92.5 Å². The Morgan fingerprint density at radius 1 is 1.47 bits per heavy atom. The molecule has 7 nitrogen and oxygen atoms in total. The number of sulfonamides is 1. The molecule has 0 spiro atoms. The third-order valence-corrected chi connectivity index (χ3v) is 5.30. The molecule has 2 rings (SSSR count). The van der Waals surface area contributed by atoms with E-state index < -0.39 is 21.9 Å². The predicted molar refractivity (Wildman–Crippen MR) is 67.0 cm³/mol. The van der Waals surface area contributed by atoms with Crippen LogP contribution in [0.15, 0.2) is 17.3 Å². The molecule has 0 aromatic carbocycles. The Bertz CT molecular complexity index is 558. The van der Waals surface area contributed by atoms with E-state index in [-0.39, 0.29) is 18.1 Å². The molecule has 1 fully saturated rings. The molecule has 1 aliphatic rings. The number of hydrogen-bond acceptors (Lipinski definition) is 4. The van der Waals surface area contributed by atoms with E-state index in [4.69, 9.17) is 5.11 Å². The van der Waals surface area contributed by atoms with Crippen LogP contribution in [0.3, 0.4) is 0 Å². The van der Waals surface area contributed by atoms with Crippen LogP contribution in [0.2, 0.25) is 0 Å². The number of carbonyl (C=O) groups is 1. The Hall–Kier alpha value is -1.41. The fraction of sp³-hybridized carbons (Fsp3) is 0.636. The molecule has 19 heavy (non-hydrogen) atoms. The van der Waals surface area contributed by atoms with Crippen molar-refractivity contribution in [3.05, 3.63) is 12.3 Å². The highest BCUT2D eigenvalue weighted by molar-refractivity contribution is 7.89. The average molecular weight is 287 g/mol. The molecule has 0 unspecified atom stereocenters. The Labute approximate surface area is 111 Å². The number of piperidine rings is 1. The predicted octanol–water partition coefficient (Wildman–Crippen LogP) is 0.388. The molecule has 1 aromatic rings. The van der Waals surface area contributed by atoms with Crippen molar-refractivity contribution >= 4 is 16.0 Å². The molecule has 0 amide bonds. The Morgan fingerprint density at radius 3 is 2.63 bits per heavy atom. The van der Waals surface area contributed by atoms with Crippen molar-refractivity contribution < 1.29 is 18.3 Å². The molecule has 1 aliphatic heterocycles. The Kier molecular flexibility index (Phi) is 3.91. The first-order chi connectivity index (χ1) is 8.96. The van der Waals surface area contributed by atoms with Gasteiger partial charge in [-0.2, -0.15) is 9.40 Å². The number of aryl methyl sites for hydroxylation is 1. The number of carboxylic acid groups (broad SMARTS) is 1. The largest absolute Gasteiger partial charge is 0.481 e. The lowest BCUT2D eigenvalue weighted by Crippen LogP contribution is -2.40. The fourth-order valence-corrected chi connectivity index (χ4v) is 3.88. The van der Waals surface area contributed by atoms with Gasteiger partial charge in [0.2, 0.25) is 0 Å². The maximum Gasteiger partial charge on any atom is 0.306 e. The fourth-order valence-electron chi connectivity index (χ4n) is 2.25. The third-order valence-electron chi connectivity index (χ3n) is 3.38. The van der Waals surface area contributed by atoms with Gasteiger partial charge in [0.05, 0.1) is 12.1 Å². The monoisotopic (exact) mass is 287 g/mol. The Morgan fingerprint density at radius 2 is 2.11 bits per heavy atom. The summed E-state index contributed by atoms with van der Waals surface area (Å²) in [5.41, 5.74) is 0. The highest BCUT2D eigenvalue weighted by atomic mass is 32.2. The number of nitrogens with zero attached hydrogens (tertiary/aromatic N) is 3. The SMILES string of the molecule is CCn1nccc1S(=O)(=O)N1CCC(C(=O)O)CC1. The molecule has 2 heterocycles. The molecule has 0 bridgehead atoms. The average Bonchev–Trinajstić information content (AvgIpc) is 2.87. The van der Waals surface area contributed by atoms with E-state index in [1.165, 1.54) is 21.3 Å². The van der Waals surface area contributed by atoms with Crippen molar-refractivity contribution in [2.45, 2.75) is 31.3 Å². The first kappa shape index (κ1) is 14.0. The summed E-state index contributed by atoms with van der Waals surface area (Å²) >= 11 is 0. The molecule has 1 aromatic heterocycles. The van der Waals surface area contributed by atoms with Gasteiger partial charge in [0.25, 0.3) is 10.0 Å². The van der Waals surface area contributed by atoms with E-state index in [2.05, 4.69) is 5.10 Å². The second-order valence-electron chi connectivity index (χ2n) is 4.50. The molecule has 1 N–H and O–H groups in total. The number of aromatic nitrogens is 2. The molecule has 0 atom stereocenters. The second-order valence-corrected chi connectivity index (χ2v) is 6.39. The summed E-state index contributed by atoms with van der Waals surface area (Å²) in [7, 11) is -3.57. The van der Waals surface area contributed by atoms with Crippen molar-refractivity contribution in [1.29, 1.82) is 0 Å². The van der Waals surface area contributed by atoms with Gasteiger partial charge < -0.3 is 5.11 Å². The van der Waals surface area contributed by atoms with E-state index in [1.807, 2.05) is 6.92 Å². The molecule has 0 saturated carbocycles. The van der Waals surface area contributed by atoms with Gasteiger partial charge in [-0.05, 0) is 25.8 Å². The van der Waals surface area contributed by atoms with Gasteiger partial charge in [-0.15, -0.1) is 0 Å². The molecule has 106 valence electrons. The standard InChI is InChI=1S/C11H17N3O4S/c1-2-14-10(3-6-12-14)19(17,18)13-7-4-9(5-8-13)11(15)16/h3,6,9H,2,4-5,7-8H2,1H3,(H,15,16). The number of aliphatic carboxylic acids is 1. The zero-order valence-corrected chi connectivity index (χ0v) is 11.5. The van der Waals surface area contributed by atoms with Crippen LogP contribution in [0, 0.1) is 5.92 Å². The normalized spacial score (nSPS) is 18.6. The molecule has 1 saturated heterocycles. The summed E-state index contributed by atoms with van der Waals surface area (Å²) in [4.78, 5) is 10.9. The van der Waals surface area contributed by atoms with Gasteiger partial charge in [0.15, 0.2) is 5.03 Å². The van der Waals surface area contributed by atoms with E-state index in [0.29, 0.717) is 19.4 Å². The smallest absolute Gasteiger partial charge is 0.306 e. The van der Waals surface area contributed by atoms with Gasteiger partial charge in [0, 0.05) is 19.6 Å². The van der Waals surface area contributed by atoms with Crippen molar-refractivity contribution in [2.75, 3.05) is 13.1 Å². The first-order valence-corrected chi connectivity index (χ1v) is 7.65. The maximum atomic E-state index is 12.4. The van der Waals surface area contributed by atoms with Crippen molar-refractivity contribution in [1.82, 2.24) is 14.1 Å². The van der Waals surface area contributed by atoms with Gasteiger partial charge in [-0.3, -0.25) is 9.48 Å². The zero-order valence-electron chi connectivity index (χ0n) is 10.7. The van der Waals surface area contributed by atoms with E-state index >= 15 is 0 Å². The molecular weight excluding hydrogens is 270 g/mol. The van der Waals surface area contributed by atoms with E-state index in [9.17, 15) is 13.2 Å². The highest BCUT2D eigenvalue weighted by Crippen LogP contribution is 2.23. The highest BCUT2D eigenvalue weighted by Gasteiger charge is 2.33. The minimum atomic E-state index is -3.57. The van der Waals surface area contributed by atoms with Gasteiger partial charge in [-0.1, -0.05) is 0 Å². The van der Waals surface area contributed by atoms with Crippen LogP contribution in [-0.2, 0) is 21.4 Å². The van der Waals surface area contributed by atoms with Crippen LogP contribution in [0.5, 0.6) is 0 Å². The van der Waals surface area contributed by atoms with Crippen molar-refractivity contribution in [2.24, 2.45) is 5.92 Å². The van der Waals surface area contributed by atoms with Gasteiger partial charge in [-0.25, -0.2) is 8.42 Å². The number of hydrogen-bond donors (Lipinski definition) is 1. The first-order valence-electron chi connectivity index (χ1n) is 6.21. The van der Waals surface area contributed by atoms with Crippen LogP contribution in [0.4, 0.5) is 0 Å². The summed E-state index contributed by atoms with van der Waals surface area (Å²) in [5, 5.41) is 13.0. The minimum absolute atomic E-state index is 0.170. The molecule has 0 radical (unpaired) electrons. The van der Waals surface area contributed by atoms with Crippen LogP contribution >= 0.6 is 0 Å². The van der Waals surface area contributed by atoms with Crippen LogP contribution in [-0.4, -0.2) is 46.7 Å². The maximum absolute atomic E-state index is 12.4. The summed E-state index contributed by atoms with van der Waals surface area (Å²) in [5.74, 6) is -1.29. The second kappa shape index (κ2) is 5.30. The summed E-state index contributed by atoms with van der Waals surface area (Å²) in [6, 6.07) is 1.47. The zero-order chi connectivity index (χ0) is 14.0. The summed E-state index contributed by atoms with van der Waals surface area (Å²) in [6.45, 7) is 2.79. The quantitative estimate of drug-likeness (QED) is 0.864. The van der Waals surface area contributed by atoms with Crippen LogP contribution in [0.25, 0.3) is 0 Å².